The average Bonchev–Trinajstić information content (AvgIpc) is 2.73. The van der Waals surface area contributed by atoms with Crippen LogP contribution in [0.5, 0.6) is 0 Å². The van der Waals surface area contributed by atoms with E-state index in [-0.39, 0.29) is 0 Å². The molecule has 0 bridgehead atoms. The van der Waals surface area contributed by atoms with Crippen LogP contribution in [0.1, 0.15) is 135 Å². The molecule has 1 aromatic carbocycles. The summed E-state index contributed by atoms with van der Waals surface area (Å²) in [5.74, 6) is 0. The minimum Gasteiger partial charge on any atom is -0.374 e. The molecule has 0 heterocycles. The van der Waals surface area contributed by atoms with Crippen molar-refractivity contribution in [3.63, 3.8) is 0 Å². The van der Waals surface area contributed by atoms with Crippen molar-refractivity contribution in [3.8, 4) is 0 Å². The van der Waals surface area contributed by atoms with Crippen LogP contribution in [0.15, 0.2) is 30.3 Å². The van der Waals surface area contributed by atoms with Crippen molar-refractivity contribution < 1.29 is 4.74 Å². The maximum Gasteiger partial charge on any atom is 0.0824 e. The van der Waals surface area contributed by atoms with Crippen LogP contribution >= 0.6 is 0 Å². The van der Waals surface area contributed by atoms with Crippen molar-refractivity contribution in [3.05, 3.63) is 35.9 Å². The van der Waals surface area contributed by atoms with Crippen LogP contribution in [0.4, 0.5) is 0 Å². The van der Waals surface area contributed by atoms with Gasteiger partial charge in [0, 0.05) is 6.61 Å². The van der Waals surface area contributed by atoms with Gasteiger partial charge >= 0.3 is 0 Å². The van der Waals surface area contributed by atoms with E-state index in [2.05, 4.69) is 44.2 Å². The van der Waals surface area contributed by atoms with Gasteiger partial charge in [-0.15, -0.1) is 0 Å². The lowest BCUT2D eigenvalue weighted by Gasteiger charge is -2.18. The highest BCUT2D eigenvalue weighted by Crippen LogP contribution is 2.25. The van der Waals surface area contributed by atoms with E-state index in [1.54, 1.807) is 0 Å². The van der Waals surface area contributed by atoms with Gasteiger partial charge in [-0.1, -0.05) is 140 Å². The largest absolute Gasteiger partial charge is 0.374 e. The normalized spacial score (nSPS) is 12.4. The molecular weight excluding hydrogens is 340 g/mol. The summed E-state index contributed by atoms with van der Waals surface area (Å²) in [6.07, 6.45) is 23.5. The molecule has 1 nitrogen and oxygen atoms in total. The first-order valence-corrected chi connectivity index (χ1v) is 12.5. The molecule has 0 N–H and O–H groups in total. The number of unbranched alkanes of at least 4 members (excludes halogenated alkanes) is 14. The standard InChI is InChI=1S/C27H48O/c1-3-5-7-9-10-11-12-13-14-15-16-20-24-27(26-22-18-17-19-23-26)28-25-21-8-6-4-2/h17-19,22-23,27H,3-16,20-21,24-25H2,1-2H3. The third kappa shape index (κ3) is 14.2. The summed E-state index contributed by atoms with van der Waals surface area (Å²) in [7, 11) is 0. The van der Waals surface area contributed by atoms with Crippen LogP contribution in [0.3, 0.4) is 0 Å². The molecule has 1 unspecified atom stereocenters. The van der Waals surface area contributed by atoms with Crippen molar-refractivity contribution in [2.45, 2.75) is 129 Å². The zero-order valence-corrected chi connectivity index (χ0v) is 19.1. The van der Waals surface area contributed by atoms with Gasteiger partial charge in [0.2, 0.25) is 0 Å². The molecule has 1 heteroatoms. The number of hydrogen-bond acceptors (Lipinski definition) is 1. The van der Waals surface area contributed by atoms with Crippen LogP contribution < -0.4 is 0 Å². The molecule has 28 heavy (non-hydrogen) atoms. The first-order valence-electron chi connectivity index (χ1n) is 12.5. The van der Waals surface area contributed by atoms with Gasteiger partial charge in [0.25, 0.3) is 0 Å². The highest BCUT2D eigenvalue weighted by molar-refractivity contribution is 5.17. The van der Waals surface area contributed by atoms with Crippen LogP contribution in [-0.4, -0.2) is 6.61 Å². The van der Waals surface area contributed by atoms with E-state index in [0.717, 1.165) is 6.61 Å². The third-order valence-electron chi connectivity index (χ3n) is 5.81. The van der Waals surface area contributed by atoms with Crippen LogP contribution in [0, 0.1) is 0 Å². The van der Waals surface area contributed by atoms with E-state index in [0.29, 0.717) is 6.10 Å². The van der Waals surface area contributed by atoms with Crippen molar-refractivity contribution >= 4 is 0 Å². The Balaban J connectivity index is 2.07. The molecule has 1 atom stereocenters. The summed E-state index contributed by atoms with van der Waals surface area (Å²) < 4.78 is 6.27. The number of rotatable bonds is 20. The Morgan fingerprint density at radius 3 is 1.57 bits per heavy atom. The highest BCUT2D eigenvalue weighted by Gasteiger charge is 2.11. The van der Waals surface area contributed by atoms with Crippen molar-refractivity contribution in [1.82, 2.24) is 0 Å². The molecule has 1 rings (SSSR count). The summed E-state index contributed by atoms with van der Waals surface area (Å²) >= 11 is 0. The predicted molar refractivity (Wildman–Crippen MR) is 125 cm³/mol. The number of ether oxygens (including phenoxy) is 1. The topological polar surface area (TPSA) is 9.23 Å². The molecule has 0 amide bonds. The minimum atomic E-state index is 0.297. The Morgan fingerprint density at radius 2 is 1.04 bits per heavy atom. The molecule has 0 saturated heterocycles. The van der Waals surface area contributed by atoms with Gasteiger partial charge in [0.05, 0.1) is 6.10 Å². The second-order valence-electron chi connectivity index (χ2n) is 8.51. The Kier molecular flexibility index (Phi) is 17.6. The van der Waals surface area contributed by atoms with E-state index in [1.807, 2.05) is 0 Å². The molecule has 0 fully saturated rings. The van der Waals surface area contributed by atoms with Crippen LogP contribution in [0.25, 0.3) is 0 Å². The monoisotopic (exact) mass is 388 g/mol. The summed E-state index contributed by atoms with van der Waals surface area (Å²) in [6.45, 7) is 5.47. The van der Waals surface area contributed by atoms with Crippen molar-refractivity contribution in [2.75, 3.05) is 6.61 Å². The average molecular weight is 389 g/mol. The SMILES string of the molecule is CCCCCCCCCCCCCCC(OCCCCCC)c1ccccc1. The van der Waals surface area contributed by atoms with Crippen LogP contribution in [-0.2, 0) is 4.74 Å². The fraction of sp³-hybridized carbons (Fsp3) is 0.778. The minimum absolute atomic E-state index is 0.297. The van der Waals surface area contributed by atoms with Crippen molar-refractivity contribution in [2.24, 2.45) is 0 Å². The molecule has 0 saturated carbocycles. The Hall–Kier alpha value is -0.820. The van der Waals surface area contributed by atoms with Crippen LogP contribution in [0.2, 0.25) is 0 Å². The van der Waals surface area contributed by atoms with Gasteiger partial charge in [-0.05, 0) is 18.4 Å². The Labute approximate surface area is 176 Å². The van der Waals surface area contributed by atoms with E-state index in [1.165, 1.54) is 115 Å². The summed E-state index contributed by atoms with van der Waals surface area (Å²) in [5.41, 5.74) is 1.36. The maximum absolute atomic E-state index is 6.27. The van der Waals surface area contributed by atoms with Gasteiger partial charge < -0.3 is 4.74 Å². The molecule has 162 valence electrons. The quantitative estimate of drug-likeness (QED) is 0.202. The van der Waals surface area contributed by atoms with Gasteiger partial charge in [0.1, 0.15) is 0 Å². The van der Waals surface area contributed by atoms with E-state index >= 15 is 0 Å². The van der Waals surface area contributed by atoms with Gasteiger partial charge in [0.15, 0.2) is 0 Å². The molecule has 0 aliphatic heterocycles. The summed E-state index contributed by atoms with van der Waals surface area (Å²) in [6, 6.07) is 10.9. The molecule has 1 aromatic rings. The second-order valence-corrected chi connectivity index (χ2v) is 8.51. The fourth-order valence-corrected chi connectivity index (χ4v) is 3.94. The summed E-state index contributed by atoms with van der Waals surface area (Å²) in [4.78, 5) is 0. The van der Waals surface area contributed by atoms with Crippen molar-refractivity contribution in [1.29, 1.82) is 0 Å². The van der Waals surface area contributed by atoms with E-state index in [4.69, 9.17) is 4.74 Å². The lowest BCUT2D eigenvalue weighted by atomic mass is 10.0. The molecule has 0 spiro atoms. The Bertz CT molecular complexity index is 414. The van der Waals surface area contributed by atoms with E-state index in [9.17, 15) is 0 Å². The van der Waals surface area contributed by atoms with Gasteiger partial charge in [-0.3, -0.25) is 0 Å². The lowest BCUT2D eigenvalue weighted by molar-refractivity contribution is 0.0421. The van der Waals surface area contributed by atoms with Gasteiger partial charge in [-0.25, -0.2) is 0 Å². The number of benzene rings is 1. The molecular formula is C27H48O. The molecule has 0 aliphatic rings. The molecule has 0 radical (unpaired) electrons. The summed E-state index contributed by atoms with van der Waals surface area (Å²) in [5, 5.41) is 0. The van der Waals surface area contributed by atoms with E-state index < -0.39 is 0 Å². The zero-order chi connectivity index (χ0) is 20.1. The zero-order valence-electron chi connectivity index (χ0n) is 19.1. The third-order valence-corrected chi connectivity index (χ3v) is 5.81. The van der Waals surface area contributed by atoms with Gasteiger partial charge in [-0.2, -0.15) is 0 Å². The first-order chi connectivity index (χ1) is 13.9. The fourth-order valence-electron chi connectivity index (χ4n) is 3.94. The number of hydrogen-bond donors (Lipinski definition) is 0. The molecule has 0 aromatic heterocycles. The molecule has 0 aliphatic carbocycles. The smallest absolute Gasteiger partial charge is 0.0824 e. The lowest BCUT2D eigenvalue weighted by Crippen LogP contribution is -2.06. The maximum atomic E-state index is 6.27. The highest BCUT2D eigenvalue weighted by atomic mass is 16.5. The second kappa shape index (κ2) is 19.5. The first kappa shape index (κ1) is 25.2. The predicted octanol–water partition coefficient (Wildman–Crippen LogP) is 9.42. The Morgan fingerprint density at radius 1 is 0.571 bits per heavy atom.